The van der Waals surface area contributed by atoms with Gasteiger partial charge in [0, 0.05) is 19.5 Å². The number of carbonyl (C=O) groups is 1. The number of methoxy groups -OCH3 is 1. The Labute approximate surface area is 247 Å². The molecule has 4 aromatic rings. The number of ether oxygens (including phenoxy) is 4. The van der Waals surface area contributed by atoms with Gasteiger partial charge in [-0.25, -0.2) is 22.5 Å². The van der Waals surface area contributed by atoms with Gasteiger partial charge in [-0.3, -0.25) is 9.78 Å². The average Bonchev–Trinajstić information content (AvgIpc) is 3.52. The first-order valence-electron chi connectivity index (χ1n) is 13.2. The summed E-state index contributed by atoms with van der Waals surface area (Å²) in [7, 11) is -2.85. The Bertz CT molecular complexity index is 1600. The van der Waals surface area contributed by atoms with Crippen molar-refractivity contribution in [3.8, 4) is 17.2 Å². The van der Waals surface area contributed by atoms with E-state index in [9.17, 15) is 22.0 Å². The topological polar surface area (TPSA) is 131 Å². The highest BCUT2D eigenvalue weighted by Gasteiger charge is 2.25. The lowest BCUT2D eigenvalue weighted by molar-refractivity contribution is 0.0976. The standard InChI is InChI=1S/C29H30F2N4O7S/c1-3-25(24-10-6-21(18-33-24)41-17-16-39-2)42-26-11-9-23(27(30)28(26)31)29(36)34-43(37,38)22-7-4-20(5-8-22)40-15-14-35-13-12-32-19-35/h4-13,18-19,25H,3,14-17H2,1-2H3,(H,34,36)/t25-/m1/s1. The quantitative estimate of drug-likeness (QED) is 0.194. The summed E-state index contributed by atoms with van der Waals surface area (Å²) in [5, 5.41) is 0. The molecule has 0 saturated carbocycles. The van der Waals surface area contributed by atoms with Crippen LogP contribution in [-0.4, -0.2) is 55.8 Å². The highest BCUT2D eigenvalue weighted by molar-refractivity contribution is 7.90. The first kappa shape index (κ1) is 31.4. The van der Waals surface area contributed by atoms with Crippen molar-refractivity contribution in [2.24, 2.45) is 0 Å². The van der Waals surface area contributed by atoms with Gasteiger partial charge in [0.15, 0.2) is 11.6 Å². The van der Waals surface area contributed by atoms with Gasteiger partial charge in [0.2, 0.25) is 5.82 Å². The number of nitrogens with one attached hydrogen (secondary N) is 1. The maximum absolute atomic E-state index is 15.0. The third kappa shape index (κ3) is 8.26. The Hall–Kier alpha value is -4.56. The lowest BCUT2D eigenvalue weighted by Crippen LogP contribution is -2.31. The van der Waals surface area contributed by atoms with Gasteiger partial charge in [-0.15, -0.1) is 0 Å². The van der Waals surface area contributed by atoms with E-state index in [1.807, 2.05) is 4.57 Å². The van der Waals surface area contributed by atoms with Crippen molar-refractivity contribution in [2.45, 2.75) is 30.9 Å². The van der Waals surface area contributed by atoms with Gasteiger partial charge in [-0.1, -0.05) is 6.92 Å². The number of hydrogen-bond donors (Lipinski definition) is 1. The van der Waals surface area contributed by atoms with Gasteiger partial charge in [0.1, 0.15) is 30.8 Å². The summed E-state index contributed by atoms with van der Waals surface area (Å²) in [5.41, 5.74) is -0.361. The van der Waals surface area contributed by atoms with Gasteiger partial charge in [0.05, 0.1) is 41.8 Å². The number of pyridine rings is 1. The number of sulfonamides is 1. The van der Waals surface area contributed by atoms with E-state index < -0.39 is 45.0 Å². The van der Waals surface area contributed by atoms with E-state index in [1.54, 1.807) is 49.6 Å². The van der Waals surface area contributed by atoms with Crippen LogP contribution in [0.25, 0.3) is 0 Å². The Morgan fingerprint density at radius 2 is 1.72 bits per heavy atom. The molecule has 43 heavy (non-hydrogen) atoms. The predicted molar refractivity (Wildman–Crippen MR) is 150 cm³/mol. The molecule has 0 aliphatic heterocycles. The van der Waals surface area contributed by atoms with E-state index in [2.05, 4.69) is 9.97 Å². The molecule has 11 nitrogen and oxygen atoms in total. The summed E-state index contributed by atoms with van der Waals surface area (Å²) in [6.07, 6.45) is 6.16. The highest BCUT2D eigenvalue weighted by atomic mass is 32.2. The fraction of sp³-hybridized carbons (Fsp3) is 0.276. The summed E-state index contributed by atoms with van der Waals surface area (Å²) >= 11 is 0. The molecule has 0 radical (unpaired) electrons. The van der Waals surface area contributed by atoms with Crippen LogP contribution in [0, 0.1) is 11.6 Å². The number of carbonyl (C=O) groups excluding carboxylic acids is 1. The molecule has 2 aromatic heterocycles. The van der Waals surface area contributed by atoms with Crippen molar-refractivity contribution in [1.29, 1.82) is 0 Å². The van der Waals surface area contributed by atoms with Crippen LogP contribution in [-0.2, 0) is 21.3 Å². The molecule has 2 aromatic carbocycles. The van der Waals surface area contributed by atoms with E-state index in [1.165, 1.54) is 30.5 Å². The summed E-state index contributed by atoms with van der Waals surface area (Å²) < 4.78 is 80.6. The van der Waals surface area contributed by atoms with Crippen LogP contribution in [0.15, 0.2) is 78.3 Å². The zero-order chi connectivity index (χ0) is 30.8. The zero-order valence-electron chi connectivity index (χ0n) is 23.4. The number of amides is 1. The molecule has 14 heteroatoms. The fourth-order valence-corrected chi connectivity index (χ4v) is 4.82. The van der Waals surface area contributed by atoms with Crippen LogP contribution in [0.2, 0.25) is 0 Å². The largest absolute Gasteiger partial charge is 0.492 e. The van der Waals surface area contributed by atoms with Crippen LogP contribution >= 0.6 is 0 Å². The number of imidazole rings is 1. The van der Waals surface area contributed by atoms with Crippen LogP contribution < -0.4 is 18.9 Å². The molecule has 1 N–H and O–H groups in total. The van der Waals surface area contributed by atoms with Crippen molar-refractivity contribution >= 4 is 15.9 Å². The minimum atomic E-state index is -4.40. The maximum atomic E-state index is 15.0. The zero-order valence-corrected chi connectivity index (χ0v) is 24.2. The van der Waals surface area contributed by atoms with Gasteiger partial charge < -0.3 is 23.5 Å². The van der Waals surface area contributed by atoms with Gasteiger partial charge >= 0.3 is 0 Å². The predicted octanol–water partition coefficient (Wildman–Crippen LogP) is 4.31. The normalized spacial score (nSPS) is 12.0. The Morgan fingerprint density at radius 1 is 0.977 bits per heavy atom. The Balaban J connectivity index is 1.38. The van der Waals surface area contributed by atoms with Crippen molar-refractivity contribution < 1.29 is 40.9 Å². The minimum Gasteiger partial charge on any atom is -0.492 e. The third-order valence-electron chi connectivity index (χ3n) is 6.12. The van der Waals surface area contributed by atoms with Gasteiger partial charge in [-0.2, -0.15) is 4.39 Å². The molecular formula is C29H30F2N4O7S. The number of hydrogen-bond acceptors (Lipinski definition) is 9. The molecule has 0 bridgehead atoms. The molecule has 0 fully saturated rings. The smallest absolute Gasteiger partial charge is 0.268 e. The molecule has 0 spiro atoms. The van der Waals surface area contributed by atoms with Crippen LogP contribution in [0.4, 0.5) is 8.78 Å². The molecule has 1 atom stereocenters. The summed E-state index contributed by atoms with van der Waals surface area (Å²) in [4.78, 5) is 20.6. The van der Waals surface area contributed by atoms with Crippen LogP contribution in [0.3, 0.4) is 0 Å². The third-order valence-corrected chi connectivity index (χ3v) is 7.46. The molecule has 2 heterocycles. The second kappa shape index (κ2) is 14.6. The molecule has 1 amide bonds. The number of rotatable bonds is 15. The van der Waals surface area contributed by atoms with E-state index in [-0.39, 0.29) is 4.90 Å². The lowest BCUT2D eigenvalue weighted by atomic mass is 10.1. The molecular weight excluding hydrogens is 586 g/mol. The molecule has 4 rings (SSSR count). The van der Waals surface area contributed by atoms with E-state index in [0.717, 1.165) is 12.1 Å². The maximum Gasteiger partial charge on any atom is 0.268 e. The molecule has 0 unspecified atom stereocenters. The molecule has 0 aliphatic rings. The monoisotopic (exact) mass is 616 g/mol. The molecule has 228 valence electrons. The van der Waals surface area contributed by atoms with E-state index >= 15 is 0 Å². The highest BCUT2D eigenvalue weighted by Crippen LogP contribution is 2.29. The van der Waals surface area contributed by atoms with Crippen molar-refractivity contribution in [3.63, 3.8) is 0 Å². The fourth-order valence-electron chi connectivity index (χ4n) is 3.85. The van der Waals surface area contributed by atoms with Crippen molar-refractivity contribution in [1.82, 2.24) is 19.3 Å². The van der Waals surface area contributed by atoms with Crippen molar-refractivity contribution in [2.75, 3.05) is 26.9 Å². The minimum absolute atomic E-state index is 0.267. The summed E-state index contributed by atoms with van der Waals surface area (Å²) in [5.74, 6) is -3.90. The Morgan fingerprint density at radius 3 is 2.37 bits per heavy atom. The summed E-state index contributed by atoms with van der Waals surface area (Å²) in [6.45, 7) is 3.37. The number of halogens is 2. The SMILES string of the molecule is CC[C@@H](Oc1ccc(C(=O)NS(=O)(=O)c2ccc(OCCn3ccnc3)cc2)c(F)c1F)c1ccc(OCCOC)cn1. The Kier molecular flexibility index (Phi) is 10.6. The van der Waals surface area contributed by atoms with Crippen molar-refractivity contribution in [3.05, 3.63) is 96.3 Å². The number of aromatic nitrogens is 3. The number of benzene rings is 2. The number of nitrogens with zero attached hydrogens (tertiary/aromatic N) is 3. The molecule has 0 saturated heterocycles. The lowest BCUT2D eigenvalue weighted by Gasteiger charge is -2.18. The van der Waals surface area contributed by atoms with Gasteiger partial charge in [0.25, 0.3) is 15.9 Å². The van der Waals surface area contributed by atoms with Crippen LogP contribution in [0.1, 0.15) is 35.5 Å². The second-order valence-electron chi connectivity index (χ2n) is 9.07. The van der Waals surface area contributed by atoms with Crippen LogP contribution in [0.5, 0.6) is 17.2 Å². The second-order valence-corrected chi connectivity index (χ2v) is 10.8. The first-order chi connectivity index (χ1) is 20.7. The van der Waals surface area contributed by atoms with Gasteiger partial charge in [-0.05, 0) is 55.0 Å². The first-order valence-corrected chi connectivity index (χ1v) is 14.7. The summed E-state index contributed by atoms with van der Waals surface area (Å²) in [6, 6.07) is 10.6. The molecule has 0 aliphatic carbocycles. The average molecular weight is 617 g/mol. The van der Waals surface area contributed by atoms with E-state index in [0.29, 0.717) is 50.0 Å². The van der Waals surface area contributed by atoms with E-state index in [4.69, 9.17) is 18.9 Å².